The highest BCUT2D eigenvalue weighted by Crippen LogP contribution is 2.37. The molecule has 0 saturated heterocycles. The first-order valence-corrected chi connectivity index (χ1v) is 7.47. The molecule has 0 spiro atoms. The molecule has 0 aliphatic heterocycles. The first kappa shape index (κ1) is 16.1. The van der Waals surface area contributed by atoms with E-state index in [9.17, 15) is 9.65 Å². The fourth-order valence-electron chi connectivity index (χ4n) is 2.21. The number of nitriles is 1. The third-order valence-electron chi connectivity index (χ3n) is 3.36. The number of aromatic amines is 1. The molecule has 24 heavy (non-hydrogen) atoms. The Kier molecular flexibility index (Phi) is 3.85. The van der Waals surface area contributed by atoms with Crippen molar-refractivity contribution in [2.45, 2.75) is 26.2 Å². The zero-order valence-electron chi connectivity index (χ0n) is 13.2. The highest BCUT2D eigenvalue weighted by atomic mass is 35.5. The maximum Gasteiger partial charge on any atom is 0.227 e. The van der Waals surface area contributed by atoms with Gasteiger partial charge < -0.3 is 4.42 Å². The van der Waals surface area contributed by atoms with E-state index < -0.39 is 11.2 Å². The lowest BCUT2D eigenvalue weighted by molar-refractivity contribution is 0.417. The maximum absolute atomic E-state index is 13.4. The molecule has 2 heterocycles. The number of rotatable bonds is 2. The van der Waals surface area contributed by atoms with Gasteiger partial charge in [0.2, 0.25) is 5.89 Å². The summed E-state index contributed by atoms with van der Waals surface area (Å²) in [5, 5.41) is 19.3. The molecule has 0 bridgehead atoms. The van der Waals surface area contributed by atoms with Crippen molar-refractivity contribution in [1.29, 1.82) is 5.26 Å². The standard InChI is InChI=1S/C16H13ClFN5O/c1-16(2,3)14-13(12-11(7-19)21-23-22-12)20-15(24-14)8-4-5-10(18)9(17)6-8/h4-6H,1-3H3,(H,21,22,23). The van der Waals surface area contributed by atoms with E-state index in [1.165, 1.54) is 18.2 Å². The van der Waals surface area contributed by atoms with Gasteiger partial charge in [-0.05, 0) is 18.2 Å². The van der Waals surface area contributed by atoms with E-state index in [1.807, 2.05) is 26.8 Å². The summed E-state index contributed by atoms with van der Waals surface area (Å²) < 4.78 is 19.3. The zero-order valence-corrected chi connectivity index (χ0v) is 13.9. The topological polar surface area (TPSA) is 91.4 Å². The van der Waals surface area contributed by atoms with Crippen LogP contribution in [0.3, 0.4) is 0 Å². The Labute approximate surface area is 142 Å². The molecule has 0 aliphatic rings. The molecule has 8 heteroatoms. The third kappa shape index (κ3) is 2.76. The molecule has 0 fully saturated rings. The highest BCUT2D eigenvalue weighted by Gasteiger charge is 2.29. The number of benzene rings is 1. The number of H-pyrrole nitrogens is 1. The van der Waals surface area contributed by atoms with Crippen LogP contribution in [0, 0.1) is 17.1 Å². The number of nitrogens with zero attached hydrogens (tertiary/aromatic N) is 4. The second kappa shape index (κ2) is 5.73. The van der Waals surface area contributed by atoms with Crippen molar-refractivity contribution >= 4 is 11.6 Å². The lowest BCUT2D eigenvalue weighted by Gasteiger charge is -2.15. The maximum atomic E-state index is 13.4. The summed E-state index contributed by atoms with van der Waals surface area (Å²) in [6.07, 6.45) is 0. The van der Waals surface area contributed by atoms with Crippen LogP contribution in [0.1, 0.15) is 32.2 Å². The Morgan fingerprint density at radius 2 is 2.04 bits per heavy atom. The number of aromatic nitrogens is 4. The van der Waals surface area contributed by atoms with Gasteiger partial charge in [0.25, 0.3) is 0 Å². The highest BCUT2D eigenvalue weighted by molar-refractivity contribution is 6.31. The summed E-state index contributed by atoms with van der Waals surface area (Å²) in [5.74, 6) is 0.290. The van der Waals surface area contributed by atoms with Gasteiger partial charge in [0.05, 0.1) is 5.02 Å². The molecule has 3 aromatic rings. The Morgan fingerprint density at radius 3 is 2.67 bits per heavy atom. The fraction of sp³-hybridized carbons (Fsp3) is 0.250. The van der Waals surface area contributed by atoms with Gasteiger partial charge in [-0.3, -0.25) is 0 Å². The molecule has 0 atom stereocenters. The lowest BCUT2D eigenvalue weighted by Crippen LogP contribution is -2.11. The minimum absolute atomic E-state index is 0.0243. The zero-order chi connectivity index (χ0) is 17.5. The van der Waals surface area contributed by atoms with E-state index in [4.69, 9.17) is 16.0 Å². The molecule has 1 aromatic carbocycles. The van der Waals surface area contributed by atoms with Crippen LogP contribution < -0.4 is 0 Å². The molecule has 6 nitrogen and oxygen atoms in total. The van der Waals surface area contributed by atoms with Crippen molar-refractivity contribution in [2.24, 2.45) is 0 Å². The predicted octanol–water partition coefficient (Wildman–Crippen LogP) is 4.09. The van der Waals surface area contributed by atoms with E-state index in [2.05, 4.69) is 20.4 Å². The summed E-state index contributed by atoms with van der Waals surface area (Å²) in [6.45, 7) is 5.85. The summed E-state index contributed by atoms with van der Waals surface area (Å²) >= 11 is 5.83. The monoisotopic (exact) mass is 345 g/mol. The molecule has 0 amide bonds. The number of halogens is 2. The first-order valence-electron chi connectivity index (χ1n) is 7.09. The number of hydrogen-bond donors (Lipinski definition) is 1. The largest absolute Gasteiger partial charge is 0.440 e. The van der Waals surface area contributed by atoms with Crippen molar-refractivity contribution in [2.75, 3.05) is 0 Å². The van der Waals surface area contributed by atoms with Gasteiger partial charge in [0.15, 0.2) is 11.4 Å². The van der Waals surface area contributed by atoms with Crippen molar-refractivity contribution in [3.05, 3.63) is 40.5 Å². The quantitative estimate of drug-likeness (QED) is 0.755. The molecule has 0 aliphatic carbocycles. The molecule has 0 radical (unpaired) electrons. The van der Waals surface area contributed by atoms with Crippen LogP contribution in [0.4, 0.5) is 4.39 Å². The molecular formula is C16H13ClFN5O. The van der Waals surface area contributed by atoms with Crippen LogP contribution in [-0.4, -0.2) is 20.4 Å². The van der Waals surface area contributed by atoms with Crippen molar-refractivity contribution in [3.8, 4) is 28.9 Å². The summed E-state index contributed by atoms with van der Waals surface area (Å²) in [6, 6.07) is 6.19. The number of oxazole rings is 1. The van der Waals surface area contributed by atoms with Gasteiger partial charge in [-0.1, -0.05) is 37.6 Å². The van der Waals surface area contributed by atoms with Crippen LogP contribution in [0.15, 0.2) is 22.6 Å². The Morgan fingerprint density at radius 1 is 1.29 bits per heavy atom. The minimum atomic E-state index is -0.522. The second-order valence-corrected chi connectivity index (χ2v) is 6.63. The molecule has 0 unspecified atom stereocenters. The SMILES string of the molecule is CC(C)(C)c1oc(-c2ccc(F)c(Cl)c2)nc1-c1nn[nH]c1C#N. The molecule has 2 aromatic heterocycles. The average molecular weight is 346 g/mol. The molecule has 3 rings (SSSR count). The van der Waals surface area contributed by atoms with Crippen LogP contribution in [0.25, 0.3) is 22.8 Å². The van der Waals surface area contributed by atoms with E-state index in [1.54, 1.807) is 0 Å². The summed E-state index contributed by atoms with van der Waals surface area (Å²) in [7, 11) is 0. The normalized spacial score (nSPS) is 11.5. The van der Waals surface area contributed by atoms with E-state index in [-0.39, 0.29) is 16.6 Å². The smallest absolute Gasteiger partial charge is 0.227 e. The predicted molar refractivity (Wildman–Crippen MR) is 85.7 cm³/mol. The van der Waals surface area contributed by atoms with Gasteiger partial charge in [-0.25, -0.2) is 14.5 Å². The second-order valence-electron chi connectivity index (χ2n) is 6.22. The van der Waals surface area contributed by atoms with Crippen LogP contribution in [0.2, 0.25) is 5.02 Å². The molecular weight excluding hydrogens is 333 g/mol. The van der Waals surface area contributed by atoms with Gasteiger partial charge >= 0.3 is 0 Å². The number of hydrogen-bond acceptors (Lipinski definition) is 5. The minimum Gasteiger partial charge on any atom is -0.440 e. The number of nitrogens with one attached hydrogen (secondary N) is 1. The van der Waals surface area contributed by atoms with E-state index >= 15 is 0 Å². The lowest BCUT2D eigenvalue weighted by atomic mass is 9.91. The molecule has 1 N–H and O–H groups in total. The average Bonchev–Trinajstić information content (AvgIpc) is 3.14. The van der Waals surface area contributed by atoms with Gasteiger partial charge in [0, 0.05) is 11.0 Å². The van der Waals surface area contributed by atoms with E-state index in [0.717, 1.165) is 0 Å². The first-order chi connectivity index (χ1) is 11.3. The summed E-state index contributed by atoms with van der Waals surface area (Å²) in [5.41, 5.74) is 1.06. The molecule has 122 valence electrons. The fourth-order valence-corrected chi connectivity index (χ4v) is 2.39. The van der Waals surface area contributed by atoms with Crippen molar-refractivity contribution in [1.82, 2.24) is 20.4 Å². The Bertz CT molecular complexity index is 948. The summed E-state index contributed by atoms with van der Waals surface area (Å²) in [4.78, 5) is 4.45. The van der Waals surface area contributed by atoms with Crippen molar-refractivity contribution in [3.63, 3.8) is 0 Å². The third-order valence-corrected chi connectivity index (χ3v) is 3.65. The van der Waals surface area contributed by atoms with Crippen molar-refractivity contribution < 1.29 is 8.81 Å². The van der Waals surface area contributed by atoms with Gasteiger partial charge in [-0.15, -0.1) is 5.10 Å². The Hall–Kier alpha value is -2.72. The Balaban J connectivity index is 2.21. The van der Waals surface area contributed by atoms with Gasteiger partial charge in [-0.2, -0.15) is 5.26 Å². The molecule has 0 saturated carbocycles. The van der Waals surface area contributed by atoms with Crippen LogP contribution in [-0.2, 0) is 5.41 Å². The van der Waals surface area contributed by atoms with Crippen LogP contribution in [0.5, 0.6) is 0 Å². The van der Waals surface area contributed by atoms with E-state index in [0.29, 0.717) is 22.7 Å². The van der Waals surface area contributed by atoms with Crippen LogP contribution >= 0.6 is 11.6 Å². The van der Waals surface area contributed by atoms with Gasteiger partial charge in [0.1, 0.15) is 23.3 Å².